The molecule has 41 valence electrons. The molecule has 0 saturated carbocycles. The van der Waals surface area contributed by atoms with Crippen LogP contribution in [0.25, 0.3) is 0 Å². The van der Waals surface area contributed by atoms with Crippen molar-refractivity contribution in [1.82, 2.24) is 0 Å². The molecule has 0 spiro atoms. The van der Waals surface area contributed by atoms with Crippen molar-refractivity contribution in [3.63, 3.8) is 0 Å². The van der Waals surface area contributed by atoms with Gasteiger partial charge in [-0.2, -0.15) is 20.8 Å². The predicted molar refractivity (Wildman–Crippen MR) is 30.2 cm³/mol. The Morgan fingerprint density at radius 3 is 1.43 bits per heavy atom. The Hall–Kier alpha value is 0.844. The fourth-order valence-corrected chi connectivity index (χ4v) is 0. The summed E-state index contributed by atoms with van der Waals surface area (Å²) in [5.41, 5.74) is 0. The number of rotatable bonds is 0. The maximum atomic E-state index is 3.24. The molecular formula is C6H12Y-2. The van der Waals surface area contributed by atoms with Gasteiger partial charge in [0, 0.05) is 32.7 Å². The van der Waals surface area contributed by atoms with Crippen LogP contribution in [0.3, 0.4) is 0 Å². The molecule has 0 bridgehead atoms. The molecule has 0 nitrogen and oxygen atoms in total. The van der Waals surface area contributed by atoms with E-state index in [0.717, 1.165) is 0 Å². The predicted octanol–water partition coefficient (Wildman–Crippen LogP) is 2.22. The van der Waals surface area contributed by atoms with Gasteiger partial charge >= 0.3 is 0 Å². The molecule has 0 aromatic rings. The largest absolute Gasteiger partial charge is 0.507 e. The molecule has 0 amide bonds. The van der Waals surface area contributed by atoms with Crippen molar-refractivity contribution < 1.29 is 32.7 Å². The summed E-state index contributed by atoms with van der Waals surface area (Å²) in [5.74, 6) is 0. The Morgan fingerprint density at radius 2 is 1.43 bits per heavy atom. The minimum absolute atomic E-state index is 0. The summed E-state index contributed by atoms with van der Waals surface area (Å²) >= 11 is 0. The third-order valence-electron chi connectivity index (χ3n) is 0. The van der Waals surface area contributed by atoms with E-state index in [9.17, 15) is 0 Å². The Kier molecular flexibility index (Phi) is 64.6. The van der Waals surface area contributed by atoms with E-state index in [0.29, 0.717) is 0 Å². The van der Waals surface area contributed by atoms with Crippen LogP contribution in [0.2, 0.25) is 0 Å². The Balaban J connectivity index is -0.0000000400. The molecule has 0 aromatic carbocycles. The van der Waals surface area contributed by atoms with E-state index in [1.807, 2.05) is 20.3 Å². The summed E-state index contributed by atoms with van der Waals surface area (Å²) in [7, 11) is 0. The summed E-state index contributed by atoms with van der Waals surface area (Å²) in [4.78, 5) is 0. The first-order chi connectivity index (χ1) is 2.83. The topological polar surface area (TPSA) is 0 Å². The van der Waals surface area contributed by atoms with Crippen LogP contribution in [0.4, 0.5) is 0 Å². The monoisotopic (exact) mass is 173 g/mol. The van der Waals surface area contributed by atoms with Gasteiger partial charge in [0.25, 0.3) is 0 Å². The van der Waals surface area contributed by atoms with Gasteiger partial charge in [-0.1, -0.05) is 0 Å². The van der Waals surface area contributed by atoms with Gasteiger partial charge in [-0.05, 0) is 0 Å². The van der Waals surface area contributed by atoms with Crippen molar-refractivity contribution in [2.45, 2.75) is 20.8 Å². The molecule has 0 saturated heterocycles. The quantitative estimate of drug-likeness (QED) is 0.492. The van der Waals surface area contributed by atoms with E-state index in [4.69, 9.17) is 0 Å². The number of allylic oxidation sites excluding steroid dienone is 1. The standard InChI is InChI=1S/C3H7.C3H5.Y/c2*1-3-2;/h3H,1-2H3;1H2,2H3;/q2*-1;. The summed E-state index contributed by atoms with van der Waals surface area (Å²) in [5, 5.41) is 0. The molecule has 7 heavy (non-hydrogen) atoms. The van der Waals surface area contributed by atoms with Crippen LogP contribution < -0.4 is 0 Å². The fraction of sp³-hybridized carbons (Fsp3) is 0.500. The zero-order valence-corrected chi connectivity index (χ0v) is 8.20. The first-order valence-corrected chi connectivity index (χ1v) is 2.01. The van der Waals surface area contributed by atoms with Crippen molar-refractivity contribution in [1.29, 1.82) is 0 Å². The summed E-state index contributed by atoms with van der Waals surface area (Å²) < 4.78 is 0. The van der Waals surface area contributed by atoms with Crippen molar-refractivity contribution >= 4 is 0 Å². The van der Waals surface area contributed by atoms with Crippen molar-refractivity contribution in [3.8, 4) is 0 Å². The van der Waals surface area contributed by atoms with Crippen LogP contribution >= 0.6 is 0 Å². The molecule has 1 radical (unpaired) electrons. The van der Waals surface area contributed by atoms with Gasteiger partial charge < -0.3 is 12.5 Å². The minimum atomic E-state index is 0. The van der Waals surface area contributed by atoms with Crippen molar-refractivity contribution in [2.24, 2.45) is 0 Å². The van der Waals surface area contributed by atoms with E-state index in [1.54, 1.807) is 6.92 Å². The van der Waals surface area contributed by atoms with Crippen LogP contribution in [-0.2, 0) is 32.7 Å². The van der Waals surface area contributed by atoms with E-state index in [-0.39, 0.29) is 32.7 Å². The van der Waals surface area contributed by atoms with Crippen LogP contribution in [0, 0.1) is 12.5 Å². The van der Waals surface area contributed by atoms with Gasteiger partial charge in [0.1, 0.15) is 0 Å². The molecule has 0 atom stereocenters. The second-order valence-corrected chi connectivity index (χ2v) is 0.931. The van der Waals surface area contributed by atoms with E-state index in [1.165, 1.54) is 0 Å². The summed E-state index contributed by atoms with van der Waals surface area (Å²) in [6, 6.07) is 0. The van der Waals surface area contributed by atoms with E-state index < -0.39 is 0 Å². The van der Waals surface area contributed by atoms with Crippen LogP contribution in [-0.4, -0.2) is 0 Å². The molecule has 0 unspecified atom stereocenters. The van der Waals surface area contributed by atoms with E-state index in [2.05, 4.69) is 12.7 Å². The maximum Gasteiger partial charge on any atom is 0 e. The van der Waals surface area contributed by atoms with Gasteiger partial charge in [-0.15, -0.1) is 0 Å². The Bertz CT molecular complexity index is 18.1. The molecule has 0 aliphatic rings. The summed E-state index contributed by atoms with van der Waals surface area (Å²) in [6.45, 7) is 9.00. The maximum absolute atomic E-state index is 3.24. The van der Waals surface area contributed by atoms with Gasteiger partial charge in [0.15, 0.2) is 0 Å². The molecule has 0 aromatic heterocycles. The van der Waals surface area contributed by atoms with Crippen LogP contribution in [0.1, 0.15) is 20.8 Å². The summed E-state index contributed by atoms with van der Waals surface area (Å²) in [6.07, 6.45) is 4.50. The molecule has 0 heterocycles. The third-order valence-corrected chi connectivity index (χ3v) is 0. The Labute approximate surface area is 72.3 Å². The minimum Gasteiger partial charge on any atom is -0.507 e. The molecule has 0 fully saturated rings. The van der Waals surface area contributed by atoms with Gasteiger partial charge in [0.05, 0.1) is 0 Å². The molecule has 1 heteroatoms. The van der Waals surface area contributed by atoms with Crippen molar-refractivity contribution in [2.75, 3.05) is 0 Å². The molecule has 0 N–H and O–H groups in total. The van der Waals surface area contributed by atoms with Gasteiger partial charge in [-0.3, -0.25) is 6.58 Å². The smallest absolute Gasteiger partial charge is 0 e. The number of hydrogen-bond acceptors (Lipinski definition) is 0. The van der Waals surface area contributed by atoms with E-state index >= 15 is 0 Å². The molecule has 0 rings (SSSR count). The van der Waals surface area contributed by atoms with Gasteiger partial charge in [-0.25, -0.2) is 0 Å². The molecular weight excluding hydrogens is 161 g/mol. The SMILES string of the molecule is C=[C-]C.C[CH-]C.[Y]. The zero-order valence-electron chi connectivity index (χ0n) is 5.36. The van der Waals surface area contributed by atoms with Crippen LogP contribution in [0.5, 0.6) is 0 Å². The van der Waals surface area contributed by atoms with Gasteiger partial charge in [0.2, 0.25) is 0 Å². The average molecular weight is 173 g/mol. The normalized spacial score (nSPS) is 4.43. The first kappa shape index (κ1) is 15.7. The first-order valence-electron chi connectivity index (χ1n) is 2.01. The number of hydrogen-bond donors (Lipinski definition) is 0. The molecule has 0 aliphatic heterocycles. The third kappa shape index (κ3) is 225. The second-order valence-electron chi connectivity index (χ2n) is 0.931. The molecule has 0 aliphatic carbocycles. The zero-order chi connectivity index (χ0) is 5.41. The Morgan fingerprint density at radius 1 is 1.43 bits per heavy atom. The second kappa shape index (κ2) is 28.9. The average Bonchev–Trinajstić information content (AvgIpc) is 1.39. The van der Waals surface area contributed by atoms with Crippen LogP contribution in [0.15, 0.2) is 6.58 Å². The van der Waals surface area contributed by atoms with Crippen molar-refractivity contribution in [3.05, 3.63) is 19.1 Å². The fourth-order valence-electron chi connectivity index (χ4n) is 0.